The summed E-state index contributed by atoms with van der Waals surface area (Å²) in [6.07, 6.45) is 0.753. The molecule has 0 amide bonds. The van der Waals surface area contributed by atoms with Gasteiger partial charge in [-0.05, 0) is 12.8 Å². The van der Waals surface area contributed by atoms with Crippen LogP contribution in [0.25, 0.3) is 0 Å². The van der Waals surface area contributed by atoms with Crippen molar-refractivity contribution in [3.63, 3.8) is 0 Å². The van der Waals surface area contributed by atoms with Gasteiger partial charge in [-0.1, -0.05) is 0 Å². The Bertz CT molecular complexity index is 195. The van der Waals surface area contributed by atoms with E-state index in [0.717, 1.165) is 0 Å². The summed E-state index contributed by atoms with van der Waals surface area (Å²) in [5.41, 5.74) is 0. The zero-order chi connectivity index (χ0) is 9.90. The molecule has 0 saturated heterocycles. The quantitative estimate of drug-likeness (QED) is 0.281. The van der Waals surface area contributed by atoms with Crippen LogP contribution in [-0.2, 0) is 18.9 Å². The van der Waals surface area contributed by atoms with E-state index in [0.29, 0.717) is 12.8 Å². The van der Waals surface area contributed by atoms with Gasteiger partial charge in [0.05, 0.1) is 0 Å². The molecule has 0 aromatic carbocycles. The maximum Gasteiger partial charge on any atom is 0.415 e. The molecule has 1 saturated carbocycles. The van der Waals surface area contributed by atoms with Crippen molar-refractivity contribution in [3.05, 3.63) is 0 Å². The van der Waals surface area contributed by atoms with E-state index in [1.807, 2.05) is 0 Å². The number of carbonyl (C=O) groups is 1. The molecule has 13 heavy (non-hydrogen) atoms. The number of hydrogen-bond donors (Lipinski definition) is 0. The second-order valence-corrected chi connectivity index (χ2v) is 3.16. The smallest absolute Gasteiger partial charge is 0.415 e. The van der Waals surface area contributed by atoms with E-state index in [-0.39, 0.29) is 0 Å². The van der Waals surface area contributed by atoms with Crippen LogP contribution in [0.1, 0.15) is 12.8 Å². The Labute approximate surface area is 76.0 Å². The Morgan fingerprint density at radius 3 is 2.62 bits per heavy atom. The molecule has 0 bridgehead atoms. The summed E-state index contributed by atoms with van der Waals surface area (Å²) in [6, 6.07) is 0. The molecule has 0 unspecified atom stereocenters. The lowest BCUT2D eigenvalue weighted by Gasteiger charge is -2.13. The fourth-order valence-electron chi connectivity index (χ4n) is 0.497. The first-order valence-electron chi connectivity index (χ1n) is 3.29. The van der Waals surface area contributed by atoms with Gasteiger partial charge in [0.15, 0.2) is 0 Å². The van der Waals surface area contributed by atoms with Crippen molar-refractivity contribution < 1.29 is 32.9 Å². The zero-order valence-electron chi connectivity index (χ0n) is 6.20. The molecular formula is C5H5F2O5S-. The fraction of sp³-hybridized carbons (Fsp3) is 0.800. The van der Waals surface area contributed by atoms with Crippen molar-refractivity contribution in [1.29, 1.82) is 0 Å². The molecule has 0 heterocycles. The monoisotopic (exact) mass is 215 g/mol. The molecule has 76 valence electrons. The standard InChI is InChI=1S/C5H6F2O5S/c6-5(7,13-12-11-9)4(8)10-3-1-2-3/h3,9H,1-2H2/p-1. The molecule has 0 N–H and O–H groups in total. The van der Waals surface area contributed by atoms with Gasteiger partial charge in [-0.3, -0.25) is 5.04 Å². The van der Waals surface area contributed by atoms with Crippen molar-refractivity contribution in [2.24, 2.45) is 0 Å². The Balaban J connectivity index is 2.31. The first-order valence-corrected chi connectivity index (χ1v) is 4.03. The number of hydrogen-bond acceptors (Lipinski definition) is 6. The van der Waals surface area contributed by atoms with Crippen molar-refractivity contribution in [2.45, 2.75) is 24.2 Å². The van der Waals surface area contributed by atoms with Crippen LogP contribution in [0.2, 0.25) is 0 Å². The van der Waals surface area contributed by atoms with Crippen LogP contribution in [0.15, 0.2) is 0 Å². The minimum absolute atomic E-state index is 0.424. The van der Waals surface area contributed by atoms with Crippen molar-refractivity contribution in [3.8, 4) is 0 Å². The van der Waals surface area contributed by atoms with E-state index in [9.17, 15) is 18.8 Å². The van der Waals surface area contributed by atoms with E-state index in [2.05, 4.69) is 14.1 Å². The van der Waals surface area contributed by atoms with Gasteiger partial charge in [-0.15, -0.1) is 0 Å². The lowest BCUT2D eigenvalue weighted by atomic mass is 10.7. The first kappa shape index (κ1) is 10.6. The molecular weight excluding hydrogens is 210 g/mol. The summed E-state index contributed by atoms with van der Waals surface area (Å²) in [4.78, 5) is 10.6. The highest BCUT2D eigenvalue weighted by atomic mass is 32.2. The molecule has 1 aliphatic carbocycles. The molecule has 0 aromatic rings. The normalized spacial score (nSPS) is 17.2. The van der Waals surface area contributed by atoms with Gasteiger partial charge in [0.1, 0.15) is 18.1 Å². The maximum atomic E-state index is 12.5. The average molecular weight is 215 g/mol. The molecule has 0 spiro atoms. The molecule has 8 heteroatoms. The van der Waals surface area contributed by atoms with E-state index < -0.39 is 29.4 Å². The summed E-state index contributed by atoms with van der Waals surface area (Å²) in [6.45, 7) is 0. The largest absolute Gasteiger partial charge is 0.691 e. The van der Waals surface area contributed by atoms with Crippen LogP contribution in [0, 0.1) is 0 Å². The minimum atomic E-state index is -3.91. The van der Waals surface area contributed by atoms with Crippen molar-refractivity contribution in [2.75, 3.05) is 0 Å². The number of esters is 1. The van der Waals surface area contributed by atoms with E-state index >= 15 is 0 Å². The van der Waals surface area contributed by atoms with Crippen LogP contribution < -0.4 is 5.26 Å². The van der Waals surface area contributed by atoms with Crippen LogP contribution in [-0.4, -0.2) is 17.3 Å². The van der Waals surface area contributed by atoms with Crippen LogP contribution in [0.3, 0.4) is 0 Å². The summed E-state index contributed by atoms with van der Waals surface area (Å²) >= 11 is -0.686. The van der Waals surface area contributed by atoms with Gasteiger partial charge in [0.2, 0.25) is 0 Å². The Hall–Kier alpha value is -0.440. The Morgan fingerprint density at radius 1 is 1.54 bits per heavy atom. The summed E-state index contributed by atoms with van der Waals surface area (Å²) in [7, 11) is 0. The minimum Gasteiger partial charge on any atom is -0.691 e. The molecule has 0 aromatic heterocycles. The SMILES string of the molecule is O=C(OC1CC1)C(F)(F)SOO[O-]. The number of alkyl halides is 2. The van der Waals surface area contributed by atoms with Gasteiger partial charge in [0.25, 0.3) is 0 Å². The third-order valence-corrected chi connectivity index (χ3v) is 1.70. The van der Waals surface area contributed by atoms with Gasteiger partial charge in [0, 0.05) is 0 Å². The first-order chi connectivity index (χ1) is 6.06. The van der Waals surface area contributed by atoms with Gasteiger partial charge in [-0.25, -0.2) is 4.79 Å². The predicted molar refractivity (Wildman–Crippen MR) is 33.8 cm³/mol. The van der Waals surface area contributed by atoms with E-state index in [1.54, 1.807) is 0 Å². The van der Waals surface area contributed by atoms with Crippen LogP contribution in [0.5, 0.6) is 0 Å². The third kappa shape index (κ3) is 3.43. The zero-order valence-corrected chi connectivity index (χ0v) is 7.01. The summed E-state index contributed by atoms with van der Waals surface area (Å²) in [5.74, 6) is -1.72. The molecule has 0 aliphatic heterocycles. The molecule has 0 radical (unpaired) electrons. The average Bonchev–Trinajstić information content (AvgIpc) is 2.84. The molecule has 1 aliphatic rings. The van der Waals surface area contributed by atoms with Crippen molar-refractivity contribution in [1.82, 2.24) is 0 Å². The second kappa shape index (κ2) is 4.18. The third-order valence-electron chi connectivity index (χ3n) is 1.20. The van der Waals surface area contributed by atoms with Crippen LogP contribution >= 0.6 is 12.0 Å². The second-order valence-electron chi connectivity index (χ2n) is 2.34. The fourth-order valence-corrected chi connectivity index (χ4v) is 0.726. The van der Waals surface area contributed by atoms with Gasteiger partial charge in [-0.2, -0.15) is 13.1 Å². The highest BCUT2D eigenvalue weighted by Crippen LogP contribution is 2.34. The lowest BCUT2D eigenvalue weighted by Crippen LogP contribution is -2.28. The highest BCUT2D eigenvalue weighted by molar-refractivity contribution is 7.96. The Morgan fingerprint density at radius 2 is 2.15 bits per heavy atom. The van der Waals surface area contributed by atoms with Crippen LogP contribution in [0.4, 0.5) is 8.78 Å². The summed E-state index contributed by atoms with van der Waals surface area (Å²) in [5, 5.41) is 7.97. The summed E-state index contributed by atoms with van der Waals surface area (Å²) < 4.78 is 32.7. The lowest BCUT2D eigenvalue weighted by molar-refractivity contribution is -0.777. The van der Waals surface area contributed by atoms with Gasteiger partial charge < -0.3 is 9.99 Å². The number of carbonyl (C=O) groups excluding carboxylic acids is 1. The molecule has 0 atom stereocenters. The number of ether oxygens (including phenoxy) is 1. The number of halogens is 2. The van der Waals surface area contributed by atoms with Crippen molar-refractivity contribution >= 4 is 18.0 Å². The molecule has 5 nitrogen and oxygen atoms in total. The topological polar surface area (TPSA) is 67.8 Å². The van der Waals surface area contributed by atoms with Gasteiger partial charge >= 0.3 is 11.2 Å². The predicted octanol–water partition coefficient (Wildman–Crippen LogP) is 0.156. The van der Waals surface area contributed by atoms with E-state index in [4.69, 9.17) is 0 Å². The highest BCUT2D eigenvalue weighted by Gasteiger charge is 2.46. The molecule has 1 rings (SSSR count). The number of rotatable bonds is 5. The Kier molecular flexibility index (Phi) is 3.42. The van der Waals surface area contributed by atoms with E-state index in [1.165, 1.54) is 0 Å². The maximum absolute atomic E-state index is 12.5. The molecule has 1 fully saturated rings.